The van der Waals surface area contributed by atoms with E-state index in [-0.39, 0.29) is 41.2 Å². The van der Waals surface area contributed by atoms with E-state index in [9.17, 15) is 14.7 Å². The zero-order valence-corrected chi connectivity index (χ0v) is 19.5. The van der Waals surface area contributed by atoms with Crippen molar-refractivity contribution >= 4 is 11.8 Å². The molecule has 0 radical (unpaired) electrons. The number of pyridine rings is 1. The Balaban J connectivity index is 1.39. The molecule has 32 heavy (non-hydrogen) atoms. The van der Waals surface area contributed by atoms with Gasteiger partial charge in [-0.3, -0.25) is 9.59 Å². The lowest BCUT2D eigenvalue weighted by molar-refractivity contribution is -0.186. The highest BCUT2D eigenvalue weighted by molar-refractivity contribution is 5.99. The first-order valence-corrected chi connectivity index (χ1v) is 11.7. The molecule has 1 aromatic heterocycles. The second-order valence-electron chi connectivity index (χ2n) is 10.3. The van der Waals surface area contributed by atoms with Gasteiger partial charge in [0.15, 0.2) is 23.0 Å². The van der Waals surface area contributed by atoms with Crippen molar-refractivity contribution in [2.45, 2.75) is 71.0 Å². The molecule has 4 fully saturated rings. The van der Waals surface area contributed by atoms with Gasteiger partial charge >= 0.3 is 5.97 Å². The number of esters is 1. The summed E-state index contributed by atoms with van der Waals surface area (Å²) in [7, 11) is 3.12. The number of hydrogen-bond acceptors (Lipinski definition) is 7. The smallest absolute Gasteiger partial charge is 0.309 e. The second-order valence-corrected chi connectivity index (χ2v) is 10.3. The van der Waals surface area contributed by atoms with E-state index in [2.05, 4.69) is 4.98 Å². The number of methoxy groups -OCH3 is 2. The highest BCUT2D eigenvalue weighted by Crippen LogP contribution is 2.62. The number of carbonyl (C=O) groups is 2. The summed E-state index contributed by atoms with van der Waals surface area (Å²) in [6, 6.07) is 1.47. The van der Waals surface area contributed by atoms with Crippen LogP contribution >= 0.6 is 0 Å². The van der Waals surface area contributed by atoms with Crippen LogP contribution in [-0.4, -0.2) is 48.3 Å². The molecule has 7 nitrogen and oxygen atoms in total. The zero-order chi connectivity index (χ0) is 23.0. The Bertz CT molecular complexity index is 833. The maximum absolute atomic E-state index is 12.8. The van der Waals surface area contributed by atoms with Crippen LogP contribution in [0.2, 0.25) is 0 Å². The SMILES string of the molecule is COc1ccnc(C(=O)C[C@@H](C)C(=O)O[C@@H](C)[C@H](OC)C23CC4CC(CC(C4)C2)C3)c1O. The molecule has 5 rings (SSSR count). The fraction of sp³-hybridized carbons (Fsp3) is 0.720. The van der Waals surface area contributed by atoms with Crippen molar-refractivity contribution in [1.82, 2.24) is 4.98 Å². The van der Waals surface area contributed by atoms with Crippen molar-refractivity contribution in [3.63, 3.8) is 0 Å². The van der Waals surface area contributed by atoms with Gasteiger partial charge in [-0.05, 0) is 63.2 Å². The molecule has 4 aliphatic carbocycles. The summed E-state index contributed by atoms with van der Waals surface area (Å²) in [5, 5.41) is 10.2. The van der Waals surface area contributed by atoms with E-state index in [0.717, 1.165) is 37.0 Å². The number of aromatic hydroxyl groups is 1. The molecule has 4 bridgehead atoms. The van der Waals surface area contributed by atoms with Gasteiger partial charge in [-0.25, -0.2) is 4.98 Å². The highest BCUT2D eigenvalue weighted by atomic mass is 16.6. The van der Waals surface area contributed by atoms with Crippen LogP contribution in [0, 0.1) is 29.1 Å². The predicted molar refractivity (Wildman–Crippen MR) is 118 cm³/mol. The fourth-order valence-electron chi connectivity index (χ4n) is 7.09. The molecule has 0 spiro atoms. The van der Waals surface area contributed by atoms with Crippen molar-refractivity contribution in [1.29, 1.82) is 0 Å². The van der Waals surface area contributed by atoms with E-state index in [1.807, 2.05) is 6.92 Å². The Morgan fingerprint density at radius 2 is 1.72 bits per heavy atom. The zero-order valence-electron chi connectivity index (χ0n) is 19.5. The lowest BCUT2D eigenvalue weighted by atomic mass is 9.47. The summed E-state index contributed by atoms with van der Waals surface area (Å²) in [6.45, 7) is 3.57. The Morgan fingerprint density at radius 1 is 1.12 bits per heavy atom. The Morgan fingerprint density at radius 3 is 2.25 bits per heavy atom. The van der Waals surface area contributed by atoms with Gasteiger partial charge in [0.2, 0.25) is 0 Å². The van der Waals surface area contributed by atoms with Gasteiger partial charge in [-0.2, -0.15) is 0 Å². The minimum absolute atomic E-state index is 0.0958. The average molecular weight is 446 g/mol. The summed E-state index contributed by atoms with van der Waals surface area (Å²) >= 11 is 0. The van der Waals surface area contributed by atoms with Gasteiger partial charge in [0.1, 0.15) is 6.10 Å². The van der Waals surface area contributed by atoms with Crippen LogP contribution in [0.25, 0.3) is 0 Å². The van der Waals surface area contributed by atoms with Crippen LogP contribution in [0.5, 0.6) is 11.5 Å². The van der Waals surface area contributed by atoms with Crippen LogP contribution < -0.4 is 4.74 Å². The van der Waals surface area contributed by atoms with Gasteiger partial charge in [-0.15, -0.1) is 0 Å². The summed E-state index contributed by atoms with van der Waals surface area (Å²) in [4.78, 5) is 29.4. The maximum Gasteiger partial charge on any atom is 0.309 e. The first-order valence-electron chi connectivity index (χ1n) is 11.7. The molecule has 0 aliphatic heterocycles. The van der Waals surface area contributed by atoms with E-state index in [0.29, 0.717) is 0 Å². The number of Topliss-reactive ketones (excluding diaryl/α,β-unsaturated/α-hetero) is 1. The number of nitrogens with zero attached hydrogens (tertiary/aromatic N) is 1. The lowest BCUT2D eigenvalue weighted by Crippen LogP contribution is -2.55. The van der Waals surface area contributed by atoms with Crippen LogP contribution in [0.4, 0.5) is 0 Å². The number of hydrogen-bond donors (Lipinski definition) is 1. The number of aromatic nitrogens is 1. The first-order chi connectivity index (χ1) is 15.3. The van der Waals surface area contributed by atoms with E-state index in [4.69, 9.17) is 14.2 Å². The molecule has 0 unspecified atom stereocenters. The normalized spacial score (nSPS) is 31.1. The van der Waals surface area contributed by atoms with E-state index in [1.165, 1.54) is 38.6 Å². The van der Waals surface area contributed by atoms with Gasteiger partial charge in [0, 0.05) is 31.2 Å². The standard InChI is InChI=1S/C25H35NO6/c1-14(7-19(27)21-22(28)20(30-3)5-6-26-21)24(29)32-15(2)23(31-4)25-11-16-8-17(12-25)10-18(9-16)13-25/h5-6,14-18,23,28H,7-13H2,1-4H3/t14-,15+,16?,17?,18?,23+,25?/m1/s1. The molecule has 176 valence electrons. The summed E-state index contributed by atoms with van der Waals surface area (Å²) in [5.41, 5.74) is -0.00108. The molecule has 0 amide bonds. The van der Waals surface area contributed by atoms with Crippen molar-refractivity contribution in [3.8, 4) is 11.5 Å². The molecule has 4 saturated carbocycles. The Kier molecular flexibility index (Phi) is 6.48. The molecular weight excluding hydrogens is 410 g/mol. The molecule has 0 saturated heterocycles. The molecule has 1 N–H and O–H groups in total. The Hall–Kier alpha value is -2.15. The maximum atomic E-state index is 12.8. The van der Waals surface area contributed by atoms with E-state index >= 15 is 0 Å². The van der Waals surface area contributed by atoms with Crippen molar-refractivity contribution < 1.29 is 28.9 Å². The quantitative estimate of drug-likeness (QED) is 0.450. The van der Waals surface area contributed by atoms with Crippen LogP contribution in [-0.2, 0) is 14.3 Å². The summed E-state index contributed by atoms with van der Waals surface area (Å²) < 4.78 is 16.8. The van der Waals surface area contributed by atoms with E-state index < -0.39 is 17.7 Å². The average Bonchev–Trinajstić information content (AvgIpc) is 2.73. The highest BCUT2D eigenvalue weighted by Gasteiger charge is 2.56. The fourth-order valence-corrected chi connectivity index (χ4v) is 7.09. The molecule has 0 aromatic carbocycles. The minimum atomic E-state index is -0.661. The predicted octanol–water partition coefficient (Wildman–Crippen LogP) is 4.17. The third-order valence-corrected chi connectivity index (χ3v) is 7.94. The molecule has 1 heterocycles. The van der Waals surface area contributed by atoms with Crippen molar-refractivity contribution in [2.75, 3.05) is 14.2 Å². The molecule has 7 heteroatoms. The second kappa shape index (κ2) is 9.00. The van der Waals surface area contributed by atoms with Crippen LogP contribution in [0.15, 0.2) is 12.3 Å². The topological polar surface area (TPSA) is 95.0 Å². The minimum Gasteiger partial charge on any atom is -0.503 e. The van der Waals surface area contributed by atoms with Crippen LogP contribution in [0.3, 0.4) is 0 Å². The third-order valence-electron chi connectivity index (χ3n) is 7.94. The van der Waals surface area contributed by atoms with Crippen molar-refractivity contribution in [2.24, 2.45) is 29.1 Å². The monoisotopic (exact) mass is 445 g/mol. The van der Waals surface area contributed by atoms with E-state index in [1.54, 1.807) is 14.0 Å². The largest absolute Gasteiger partial charge is 0.503 e. The molecular formula is C25H35NO6. The summed E-state index contributed by atoms with van der Waals surface area (Å²) in [6.07, 6.45) is 8.28. The van der Waals surface area contributed by atoms with Gasteiger partial charge < -0.3 is 19.3 Å². The molecule has 1 aromatic rings. The first kappa shape index (κ1) is 23.0. The molecule has 4 aliphatic rings. The summed E-state index contributed by atoms with van der Waals surface area (Å²) in [5.74, 6) is 0.680. The number of ether oxygens (including phenoxy) is 3. The number of carbonyl (C=O) groups excluding carboxylic acids is 2. The third kappa shape index (κ3) is 4.24. The Labute approximate surface area is 189 Å². The molecule has 3 atom stereocenters. The van der Waals surface area contributed by atoms with Crippen molar-refractivity contribution in [3.05, 3.63) is 18.0 Å². The lowest BCUT2D eigenvalue weighted by Gasteiger charge is -2.59. The van der Waals surface area contributed by atoms with Gasteiger partial charge in [-0.1, -0.05) is 6.92 Å². The number of ketones is 1. The number of rotatable bonds is 9. The van der Waals surface area contributed by atoms with Gasteiger partial charge in [0.05, 0.1) is 19.1 Å². The van der Waals surface area contributed by atoms with Gasteiger partial charge in [0.25, 0.3) is 0 Å². The van der Waals surface area contributed by atoms with Crippen LogP contribution in [0.1, 0.15) is 69.3 Å².